The van der Waals surface area contributed by atoms with Gasteiger partial charge < -0.3 is 14.2 Å². The van der Waals surface area contributed by atoms with Crippen molar-refractivity contribution in [1.29, 1.82) is 0 Å². The maximum atomic E-state index is 12.2. The first-order valence-corrected chi connectivity index (χ1v) is 9.56. The number of rotatable bonds is 6. The van der Waals surface area contributed by atoms with E-state index in [-0.39, 0.29) is 11.7 Å². The van der Waals surface area contributed by atoms with E-state index in [1.54, 1.807) is 61.1 Å². The van der Waals surface area contributed by atoms with E-state index in [0.29, 0.717) is 38.8 Å². The zero-order valence-corrected chi connectivity index (χ0v) is 15.9. The average molecular weight is 413 g/mol. The Morgan fingerprint density at radius 3 is 2.29 bits per heavy atom. The van der Waals surface area contributed by atoms with Crippen LogP contribution in [0.5, 0.6) is 0 Å². The molecule has 9 heteroatoms. The molecule has 1 amide bonds. The Hall–Kier alpha value is -3.10. The Morgan fingerprint density at radius 2 is 1.64 bits per heavy atom. The molecule has 0 aliphatic carbocycles. The molecule has 0 spiro atoms. The van der Waals surface area contributed by atoms with Gasteiger partial charge in [0.1, 0.15) is 5.69 Å². The fourth-order valence-corrected chi connectivity index (χ4v) is 3.11. The van der Waals surface area contributed by atoms with E-state index in [1.165, 1.54) is 11.8 Å². The van der Waals surface area contributed by atoms with Gasteiger partial charge in [-0.2, -0.15) is 0 Å². The van der Waals surface area contributed by atoms with Crippen molar-refractivity contribution in [3.8, 4) is 22.9 Å². The molecular formula is C19H13ClN4O3S. The summed E-state index contributed by atoms with van der Waals surface area (Å²) < 4.78 is 10.9. The summed E-state index contributed by atoms with van der Waals surface area (Å²) in [6, 6.07) is 13.9. The summed E-state index contributed by atoms with van der Waals surface area (Å²) in [5.74, 6) is 1.00. The number of anilines is 1. The van der Waals surface area contributed by atoms with Gasteiger partial charge in [-0.1, -0.05) is 23.4 Å². The van der Waals surface area contributed by atoms with Crippen molar-refractivity contribution in [3.05, 3.63) is 66.1 Å². The number of halogens is 1. The standard InChI is InChI=1S/C19H13ClN4O3S/c20-12-5-7-13(8-6-12)21-16(25)11-28-19-22-17(14-3-1-9-26-14)18(23-24-19)15-4-2-10-27-15/h1-10H,11H2,(H,21,25). The highest BCUT2D eigenvalue weighted by Gasteiger charge is 2.18. The van der Waals surface area contributed by atoms with E-state index in [9.17, 15) is 4.79 Å². The largest absolute Gasteiger partial charge is 0.463 e. The van der Waals surface area contributed by atoms with Gasteiger partial charge in [-0.25, -0.2) is 4.98 Å². The number of furan rings is 2. The molecule has 0 saturated carbocycles. The van der Waals surface area contributed by atoms with Gasteiger partial charge in [0.2, 0.25) is 11.1 Å². The molecular weight excluding hydrogens is 400 g/mol. The number of aromatic nitrogens is 3. The maximum absolute atomic E-state index is 12.2. The van der Waals surface area contributed by atoms with Gasteiger partial charge in [0.15, 0.2) is 17.2 Å². The van der Waals surface area contributed by atoms with E-state index in [1.807, 2.05) is 0 Å². The van der Waals surface area contributed by atoms with Gasteiger partial charge in [0.25, 0.3) is 0 Å². The van der Waals surface area contributed by atoms with E-state index in [0.717, 1.165) is 0 Å². The van der Waals surface area contributed by atoms with Crippen LogP contribution in [0, 0.1) is 0 Å². The smallest absolute Gasteiger partial charge is 0.234 e. The highest BCUT2D eigenvalue weighted by Crippen LogP contribution is 2.30. The van der Waals surface area contributed by atoms with Crippen LogP contribution in [0.2, 0.25) is 5.02 Å². The van der Waals surface area contributed by atoms with Gasteiger partial charge in [-0.15, -0.1) is 10.2 Å². The molecule has 3 heterocycles. The fraction of sp³-hybridized carbons (Fsp3) is 0.0526. The van der Waals surface area contributed by atoms with Crippen molar-refractivity contribution in [1.82, 2.24) is 15.2 Å². The van der Waals surface area contributed by atoms with Gasteiger partial charge in [-0.3, -0.25) is 4.79 Å². The number of hydrogen-bond acceptors (Lipinski definition) is 7. The third-order valence-corrected chi connectivity index (χ3v) is 4.73. The molecule has 4 aromatic rings. The van der Waals surface area contributed by atoms with Crippen molar-refractivity contribution in [2.45, 2.75) is 5.16 Å². The average Bonchev–Trinajstić information content (AvgIpc) is 3.42. The second-order valence-electron chi connectivity index (χ2n) is 5.59. The number of carbonyl (C=O) groups is 1. The van der Waals surface area contributed by atoms with Crippen LogP contribution < -0.4 is 5.32 Å². The predicted molar refractivity (Wildman–Crippen MR) is 106 cm³/mol. The Morgan fingerprint density at radius 1 is 0.964 bits per heavy atom. The minimum absolute atomic E-state index is 0.127. The first-order valence-electron chi connectivity index (χ1n) is 8.20. The number of nitrogens with zero attached hydrogens (tertiary/aromatic N) is 3. The molecule has 4 rings (SSSR count). The number of thioether (sulfide) groups is 1. The molecule has 1 aromatic carbocycles. The zero-order valence-electron chi connectivity index (χ0n) is 14.3. The summed E-state index contributed by atoms with van der Waals surface area (Å²) in [4.78, 5) is 16.7. The molecule has 28 heavy (non-hydrogen) atoms. The Balaban J connectivity index is 1.50. The van der Waals surface area contributed by atoms with E-state index < -0.39 is 0 Å². The lowest BCUT2D eigenvalue weighted by Crippen LogP contribution is -2.14. The fourth-order valence-electron chi connectivity index (χ4n) is 2.40. The molecule has 0 bridgehead atoms. The first-order chi connectivity index (χ1) is 13.7. The monoisotopic (exact) mass is 412 g/mol. The Bertz CT molecular complexity index is 1070. The van der Waals surface area contributed by atoms with Crippen LogP contribution in [0.4, 0.5) is 5.69 Å². The highest BCUT2D eigenvalue weighted by molar-refractivity contribution is 7.99. The molecule has 0 aliphatic heterocycles. The number of nitrogens with one attached hydrogen (secondary N) is 1. The van der Waals surface area contributed by atoms with Gasteiger partial charge >= 0.3 is 0 Å². The van der Waals surface area contributed by atoms with E-state index in [4.69, 9.17) is 20.4 Å². The van der Waals surface area contributed by atoms with Crippen LogP contribution in [0.3, 0.4) is 0 Å². The summed E-state index contributed by atoms with van der Waals surface area (Å²) in [6.07, 6.45) is 3.10. The van der Waals surface area contributed by atoms with E-state index in [2.05, 4.69) is 20.5 Å². The van der Waals surface area contributed by atoms with Gasteiger partial charge in [0.05, 0.1) is 18.3 Å². The molecule has 1 N–H and O–H groups in total. The van der Waals surface area contributed by atoms with Crippen LogP contribution in [0.25, 0.3) is 22.9 Å². The molecule has 0 aliphatic rings. The SMILES string of the molecule is O=C(CSc1nnc(-c2ccco2)c(-c2ccco2)n1)Nc1ccc(Cl)cc1. The summed E-state index contributed by atoms with van der Waals surface area (Å²) >= 11 is 7.01. The quantitative estimate of drug-likeness (QED) is 0.455. The van der Waals surface area contributed by atoms with Crippen molar-refractivity contribution in [2.24, 2.45) is 0 Å². The molecule has 0 fully saturated rings. The summed E-state index contributed by atoms with van der Waals surface area (Å²) in [7, 11) is 0. The first kappa shape index (κ1) is 18.3. The normalized spacial score (nSPS) is 10.8. The van der Waals surface area contributed by atoms with Crippen molar-refractivity contribution in [3.63, 3.8) is 0 Å². The lowest BCUT2D eigenvalue weighted by atomic mass is 10.2. The lowest BCUT2D eigenvalue weighted by molar-refractivity contribution is -0.113. The third kappa shape index (κ3) is 4.24. The molecule has 7 nitrogen and oxygen atoms in total. The van der Waals surface area contributed by atoms with Gasteiger partial charge in [-0.05, 0) is 48.5 Å². The number of benzene rings is 1. The third-order valence-electron chi connectivity index (χ3n) is 3.64. The van der Waals surface area contributed by atoms with Crippen LogP contribution >= 0.6 is 23.4 Å². The Labute approximate surface area is 169 Å². The maximum Gasteiger partial charge on any atom is 0.234 e. The molecule has 140 valence electrons. The number of amides is 1. The molecule has 0 atom stereocenters. The second kappa shape index (κ2) is 8.28. The van der Waals surface area contributed by atoms with E-state index >= 15 is 0 Å². The van der Waals surface area contributed by atoms with Crippen LogP contribution in [0.15, 0.2) is 75.0 Å². The van der Waals surface area contributed by atoms with Crippen LogP contribution in [0.1, 0.15) is 0 Å². The van der Waals surface area contributed by atoms with Crippen LogP contribution in [-0.4, -0.2) is 26.8 Å². The topological polar surface area (TPSA) is 94.0 Å². The van der Waals surface area contributed by atoms with Crippen LogP contribution in [-0.2, 0) is 4.79 Å². The lowest BCUT2D eigenvalue weighted by Gasteiger charge is -2.06. The summed E-state index contributed by atoms with van der Waals surface area (Å²) in [5, 5.41) is 12.1. The zero-order chi connectivity index (χ0) is 19.3. The number of hydrogen-bond donors (Lipinski definition) is 1. The minimum Gasteiger partial charge on any atom is -0.463 e. The molecule has 0 radical (unpaired) electrons. The molecule has 3 aromatic heterocycles. The molecule has 0 saturated heterocycles. The molecule has 0 unspecified atom stereocenters. The van der Waals surface area contributed by atoms with Gasteiger partial charge in [0, 0.05) is 10.7 Å². The highest BCUT2D eigenvalue weighted by atomic mass is 35.5. The predicted octanol–water partition coefficient (Wildman–Crippen LogP) is 4.78. The van der Waals surface area contributed by atoms with Crippen molar-refractivity contribution < 1.29 is 13.6 Å². The Kier molecular flexibility index (Phi) is 5.41. The van der Waals surface area contributed by atoms with Crippen molar-refractivity contribution in [2.75, 3.05) is 11.1 Å². The minimum atomic E-state index is -0.189. The number of carbonyl (C=O) groups excluding carboxylic acids is 1. The van der Waals surface area contributed by atoms with Crippen molar-refractivity contribution >= 4 is 35.0 Å². The summed E-state index contributed by atoms with van der Waals surface area (Å²) in [5.41, 5.74) is 1.63. The summed E-state index contributed by atoms with van der Waals surface area (Å²) in [6.45, 7) is 0. The second-order valence-corrected chi connectivity index (χ2v) is 6.97.